The van der Waals surface area contributed by atoms with Crippen molar-refractivity contribution in [2.45, 2.75) is 32.4 Å². The van der Waals surface area contributed by atoms with Crippen LogP contribution >= 0.6 is 0 Å². The lowest BCUT2D eigenvalue weighted by molar-refractivity contribution is 0.0356. The molecular weight excluding hydrogens is 232 g/mol. The van der Waals surface area contributed by atoms with Crippen LogP contribution in [0.1, 0.15) is 20.8 Å². The number of ether oxygens (including phenoxy) is 1. The zero-order valence-corrected chi connectivity index (χ0v) is 11.9. The molecule has 0 bridgehead atoms. The zero-order valence-electron chi connectivity index (χ0n) is 11.9. The van der Waals surface area contributed by atoms with Crippen LogP contribution in [0.3, 0.4) is 0 Å². The van der Waals surface area contributed by atoms with Crippen LogP contribution in [0.4, 0.5) is 0 Å². The van der Waals surface area contributed by atoms with Gasteiger partial charge in [0.2, 0.25) is 0 Å². The second-order valence-corrected chi connectivity index (χ2v) is 5.37. The molecule has 18 heavy (non-hydrogen) atoms. The van der Waals surface area contributed by atoms with Crippen molar-refractivity contribution in [1.29, 1.82) is 0 Å². The van der Waals surface area contributed by atoms with Crippen LogP contribution in [-0.2, 0) is 4.74 Å². The van der Waals surface area contributed by atoms with E-state index in [4.69, 9.17) is 15.7 Å². The standard InChI is InChI=1S/C12H26N4O2/c1-10(9-18-4)15-5-7-16(8-6-15)12(2,3)11(13)14-17/h10,17H,5-9H2,1-4H3,(H2,13,14). The largest absolute Gasteiger partial charge is 0.409 e. The lowest BCUT2D eigenvalue weighted by Crippen LogP contribution is -2.60. The van der Waals surface area contributed by atoms with Gasteiger partial charge < -0.3 is 15.7 Å². The summed E-state index contributed by atoms with van der Waals surface area (Å²) in [5.74, 6) is 0.265. The van der Waals surface area contributed by atoms with E-state index in [1.54, 1.807) is 7.11 Å². The Morgan fingerprint density at radius 1 is 1.39 bits per heavy atom. The van der Waals surface area contributed by atoms with Crippen LogP contribution in [0, 0.1) is 0 Å². The molecule has 0 radical (unpaired) electrons. The second-order valence-electron chi connectivity index (χ2n) is 5.37. The van der Waals surface area contributed by atoms with E-state index in [1.165, 1.54) is 0 Å². The summed E-state index contributed by atoms with van der Waals surface area (Å²) >= 11 is 0. The number of amidine groups is 1. The lowest BCUT2D eigenvalue weighted by atomic mass is 10.00. The van der Waals surface area contributed by atoms with Gasteiger partial charge in [-0.1, -0.05) is 5.16 Å². The average Bonchev–Trinajstić information content (AvgIpc) is 2.38. The third-order valence-corrected chi connectivity index (χ3v) is 3.87. The Bertz CT molecular complexity index is 286. The molecule has 1 unspecified atom stereocenters. The molecule has 0 spiro atoms. The highest BCUT2D eigenvalue weighted by atomic mass is 16.5. The van der Waals surface area contributed by atoms with Crippen molar-refractivity contribution in [1.82, 2.24) is 9.80 Å². The van der Waals surface area contributed by atoms with Gasteiger partial charge in [-0.15, -0.1) is 0 Å². The highest BCUT2D eigenvalue weighted by Gasteiger charge is 2.34. The summed E-state index contributed by atoms with van der Waals surface area (Å²) in [5.41, 5.74) is 5.35. The van der Waals surface area contributed by atoms with Crippen molar-refractivity contribution < 1.29 is 9.94 Å². The van der Waals surface area contributed by atoms with Crippen LogP contribution in [-0.4, -0.2) is 72.3 Å². The van der Waals surface area contributed by atoms with Gasteiger partial charge >= 0.3 is 0 Å². The number of nitrogens with zero attached hydrogens (tertiary/aromatic N) is 3. The summed E-state index contributed by atoms with van der Waals surface area (Å²) in [6.07, 6.45) is 0. The molecule has 0 aromatic heterocycles. The van der Waals surface area contributed by atoms with Crippen molar-refractivity contribution in [2.75, 3.05) is 39.9 Å². The number of piperazine rings is 1. The Labute approximate surface area is 109 Å². The maximum absolute atomic E-state index is 8.82. The minimum absolute atomic E-state index is 0.265. The van der Waals surface area contributed by atoms with Crippen molar-refractivity contribution in [3.8, 4) is 0 Å². The van der Waals surface area contributed by atoms with Crippen LogP contribution in [0.15, 0.2) is 5.16 Å². The fraction of sp³-hybridized carbons (Fsp3) is 0.917. The molecule has 6 heteroatoms. The van der Waals surface area contributed by atoms with Gasteiger partial charge in [-0.25, -0.2) is 0 Å². The first kappa shape index (κ1) is 15.2. The molecule has 0 aromatic rings. The molecule has 1 rings (SSSR count). The highest BCUT2D eigenvalue weighted by molar-refractivity contribution is 5.88. The minimum Gasteiger partial charge on any atom is -0.409 e. The molecule has 0 saturated carbocycles. The number of methoxy groups -OCH3 is 1. The number of hydrogen-bond acceptors (Lipinski definition) is 5. The van der Waals surface area contributed by atoms with E-state index in [2.05, 4.69) is 21.9 Å². The Hall–Kier alpha value is -0.850. The second kappa shape index (κ2) is 6.36. The first-order chi connectivity index (χ1) is 8.43. The van der Waals surface area contributed by atoms with Crippen LogP contribution in [0.2, 0.25) is 0 Å². The molecule has 3 N–H and O–H groups in total. The topological polar surface area (TPSA) is 74.3 Å². The Balaban J connectivity index is 2.53. The Morgan fingerprint density at radius 2 is 1.94 bits per heavy atom. The van der Waals surface area contributed by atoms with Gasteiger partial charge in [0.05, 0.1) is 12.1 Å². The normalized spacial score (nSPS) is 22.1. The molecule has 106 valence electrons. The molecule has 1 atom stereocenters. The third-order valence-electron chi connectivity index (χ3n) is 3.87. The SMILES string of the molecule is COCC(C)N1CCN(C(C)(C)C(N)=NO)CC1. The summed E-state index contributed by atoms with van der Waals surface area (Å²) in [5, 5.41) is 12.0. The van der Waals surface area contributed by atoms with E-state index in [0.717, 1.165) is 32.8 Å². The van der Waals surface area contributed by atoms with E-state index in [-0.39, 0.29) is 5.84 Å². The minimum atomic E-state index is -0.397. The van der Waals surface area contributed by atoms with Gasteiger partial charge in [0.15, 0.2) is 5.84 Å². The Morgan fingerprint density at radius 3 is 2.39 bits per heavy atom. The average molecular weight is 258 g/mol. The lowest BCUT2D eigenvalue weighted by Gasteiger charge is -2.44. The van der Waals surface area contributed by atoms with Crippen molar-refractivity contribution in [2.24, 2.45) is 10.9 Å². The smallest absolute Gasteiger partial charge is 0.159 e. The summed E-state index contributed by atoms with van der Waals surface area (Å²) < 4.78 is 5.18. The molecule has 1 heterocycles. The summed E-state index contributed by atoms with van der Waals surface area (Å²) in [7, 11) is 1.73. The molecule has 0 aliphatic carbocycles. The number of nitrogens with two attached hydrogens (primary N) is 1. The molecule has 6 nitrogen and oxygen atoms in total. The molecule has 1 saturated heterocycles. The van der Waals surface area contributed by atoms with Gasteiger partial charge in [0.25, 0.3) is 0 Å². The van der Waals surface area contributed by atoms with Crippen molar-refractivity contribution >= 4 is 5.84 Å². The molecule has 0 aromatic carbocycles. The van der Waals surface area contributed by atoms with E-state index in [0.29, 0.717) is 6.04 Å². The predicted molar refractivity (Wildman–Crippen MR) is 72.0 cm³/mol. The third kappa shape index (κ3) is 3.34. The summed E-state index contributed by atoms with van der Waals surface area (Å²) in [6, 6.07) is 0.434. The zero-order chi connectivity index (χ0) is 13.8. The molecule has 1 aliphatic heterocycles. The quantitative estimate of drug-likeness (QED) is 0.318. The molecule has 1 fully saturated rings. The fourth-order valence-corrected chi connectivity index (χ4v) is 2.35. The summed E-state index contributed by atoms with van der Waals surface area (Å²) in [6.45, 7) is 10.7. The van der Waals surface area contributed by atoms with E-state index in [9.17, 15) is 0 Å². The van der Waals surface area contributed by atoms with Crippen molar-refractivity contribution in [3.05, 3.63) is 0 Å². The van der Waals surface area contributed by atoms with Crippen LogP contribution in [0.5, 0.6) is 0 Å². The maximum Gasteiger partial charge on any atom is 0.159 e. The van der Waals surface area contributed by atoms with Gasteiger partial charge in [0.1, 0.15) is 0 Å². The number of hydrogen-bond donors (Lipinski definition) is 2. The molecule has 0 amide bonds. The van der Waals surface area contributed by atoms with Gasteiger partial charge in [-0.05, 0) is 20.8 Å². The monoisotopic (exact) mass is 258 g/mol. The maximum atomic E-state index is 8.82. The fourth-order valence-electron chi connectivity index (χ4n) is 2.35. The van der Waals surface area contributed by atoms with E-state index >= 15 is 0 Å². The van der Waals surface area contributed by atoms with E-state index in [1.807, 2.05) is 13.8 Å². The van der Waals surface area contributed by atoms with Crippen LogP contribution < -0.4 is 5.73 Å². The van der Waals surface area contributed by atoms with Crippen molar-refractivity contribution in [3.63, 3.8) is 0 Å². The van der Waals surface area contributed by atoms with Gasteiger partial charge in [0, 0.05) is 39.3 Å². The first-order valence-corrected chi connectivity index (χ1v) is 6.39. The first-order valence-electron chi connectivity index (χ1n) is 6.39. The Kier molecular flexibility index (Phi) is 5.37. The van der Waals surface area contributed by atoms with Gasteiger partial charge in [-0.2, -0.15) is 0 Å². The van der Waals surface area contributed by atoms with Crippen LogP contribution in [0.25, 0.3) is 0 Å². The molecule has 1 aliphatic rings. The number of rotatable bonds is 5. The number of oxime groups is 1. The molecular formula is C12H26N4O2. The van der Waals surface area contributed by atoms with Gasteiger partial charge in [-0.3, -0.25) is 9.80 Å². The summed E-state index contributed by atoms with van der Waals surface area (Å²) in [4.78, 5) is 4.65. The van der Waals surface area contributed by atoms with E-state index < -0.39 is 5.54 Å². The predicted octanol–water partition coefficient (Wildman–Crippen LogP) is 0.164. The highest BCUT2D eigenvalue weighted by Crippen LogP contribution is 2.18.